The highest BCUT2D eigenvalue weighted by Gasteiger charge is 2.27. The molecule has 106 valence electrons. The van der Waals surface area contributed by atoms with Crippen LogP contribution in [0.25, 0.3) is 0 Å². The summed E-state index contributed by atoms with van der Waals surface area (Å²) in [4.78, 5) is 14.1. The van der Waals surface area contributed by atoms with Crippen LogP contribution in [0.3, 0.4) is 0 Å². The molecule has 0 aromatic heterocycles. The monoisotopic (exact) mass is 271 g/mol. The minimum Gasteiger partial charge on any atom is -0.396 e. The van der Waals surface area contributed by atoms with Gasteiger partial charge in [-0.15, -0.1) is 0 Å². The first-order valence-electron chi connectivity index (χ1n) is 7.20. The fraction of sp³-hybridized carbons (Fsp3) is 0.471. The summed E-state index contributed by atoms with van der Waals surface area (Å²) in [6.45, 7) is 2.33. The minimum atomic E-state index is -0.136. The zero-order valence-corrected chi connectivity index (χ0v) is 11.9. The average molecular weight is 271 g/mol. The molecule has 1 aliphatic rings. The van der Waals surface area contributed by atoms with Gasteiger partial charge in [0.15, 0.2) is 0 Å². The quantitative estimate of drug-likeness (QED) is 0.854. The molecule has 3 heteroatoms. The maximum atomic E-state index is 12.2. The van der Waals surface area contributed by atoms with Crippen molar-refractivity contribution in [1.82, 2.24) is 4.90 Å². The molecule has 1 atom stereocenters. The molecular formula is C17H21NO2. The maximum absolute atomic E-state index is 12.2. The van der Waals surface area contributed by atoms with Crippen LogP contribution in [0.1, 0.15) is 43.4 Å². The lowest BCUT2D eigenvalue weighted by Gasteiger charge is -2.34. The number of fused-ring (bicyclic) bond motifs is 1. The topological polar surface area (TPSA) is 40.5 Å². The van der Waals surface area contributed by atoms with Crippen LogP contribution in [0.15, 0.2) is 24.3 Å². The molecule has 0 saturated carbocycles. The van der Waals surface area contributed by atoms with Gasteiger partial charge in [0.2, 0.25) is 0 Å². The van der Waals surface area contributed by atoms with Crippen molar-refractivity contribution in [2.24, 2.45) is 0 Å². The van der Waals surface area contributed by atoms with Crippen molar-refractivity contribution in [3.63, 3.8) is 0 Å². The smallest absolute Gasteiger partial charge is 0.298 e. The number of benzene rings is 1. The first kappa shape index (κ1) is 14.6. The number of aryl methyl sites for hydroxylation is 1. The molecule has 0 spiro atoms. The van der Waals surface area contributed by atoms with E-state index in [0.717, 1.165) is 19.3 Å². The van der Waals surface area contributed by atoms with Gasteiger partial charge in [0.1, 0.15) is 0 Å². The molecule has 1 aromatic carbocycles. The van der Waals surface area contributed by atoms with Crippen LogP contribution in [0, 0.1) is 11.8 Å². The van der Waals surface area contributed by atoms with Crippen molar-refractivity contribution in [2.75, 3.05) is 13.2 Å². The Morgan fingerprint density at radius 1 is 1.45 bits per heavy atom. The number of aliphatic hydroxyl groups excluding tert-OH is 1. The molecule has 0 radical (unpaired) electrons. The lowest BCUT2D eigenvalue weighted by molar-refractivity contribution is -0.128. The van der Waals surface area contributed by atoms with Crippen LogP contribution < -0.4 is 0 Å². The lowest BCUT2D eigenvalue weighted by atomic mass is 9.86. The van der Waals surface area contributed by atoms with E-state index in [4.69, 9.17) is 5.11 Å². The summed E-state index contributed by atoms with van der Waals surface area (Å²) in [5.74, 6) is 5.19. The summed E-state index contributed by atoms with van der Waals surface area (Å²) in [5, 5.41) is 9.05. The Labute approximate surface area is 120 Å². The Morgan fingerprint density at radius 2 is 2.25 bits per heavy atom. The molecule has 3 nitrogen and oxygen atoms in total. The molecule has 1 aliphatic carbocycles. The summed E-state index contributed by atoms with van der Waals surface area (Å²) >= 11 is 0. The molecule has 1 unspecified atom stereocenters. The highest BCUT2D eigenvalue weighted by atomic mass is 16.3. The Bertz CT molecular complexity index is 527. The van der Waals surface area contributed by atoms with E-state index in [2.05, 4.69) is 24.0 Å². The van der Waals surface area contributed by atoms with Crippen molar-refractivity contribution >= 4 is 5.91 Å². The maximum Gasteiger partial charge on any atom is 0.298 e. The van der Waals surface area contributed by atoms with Crippen molar-refractivity contribution in [3.05, 3.63) is 35.4 Å². The summed E-state index contributed by atoms with van der Waals surface area (Å²) < 4.78 is 0. The van der Waals surface area contributed by atoms with Crippen LogP contribution >= 0.6 is 0 Å². The molecule has 2 rings (SSSR count). The Balaban J connectivity index is 2.28. The third kappa shape index (κ3) is 3.20. The van der Waals surface area contributed by atoms with Gasteiger partial charge in [0.05, 0.1) is 6.04 Å². The van der Waals surface area contributed by atoms with E-state index < -0.39 is 0 Å². The normalized spacial score (nSPS) is 16.8. The van der Waals surface area contributed by atoms with Gasteiger partial charge in [-0.25, -0.2) is 0 Å². The molecule has 20 heavy (non-hydrogen) atoms. The average Bonchev–Trinajstić information content (AvgIpc) is 2.48. The first-order chi connectivity index (χ1) is 9.77. The van der Waals surface area contributed by atoms with Gasteiger partial charge < -0.3 is 10.0 Å². The van der Waals surface area contributed by atoms with Crippen LogP contribution in [0.5, 0.6) is 0 Å². The van der Waals surface area contributed by atoms with Gasteiger partial charge in [-0.3, -0.25) is 4.79 Å². The zero-order chi connectivity index (χ0) is 14.4. The Morgan fingerprint density at radius 3 is 3.00 bits per heavy atom. The second-order valence-electron chi connectivity index (χ2n) is 5.06. The molecular weight excluding hydrogens is 250 g/mol. The van der Waals surface area contributed by atoms with Gasteiger partial charge in [-0.2, -0.15) is 0 Å². The second kappa shape index (κ2) is 7.12. The Kier molecular flexibility index (Phi) is 5.20. The van der Waals surface area contributed by atoms with Crippen molar-refractivity contribution < 1.29 is 9.90 Å². The van der Waals surface area contributed by atoms with Gasteiger partial charge in [-0.05, 0) is 49.7 Å². The number of amides is 1. The number of carbonyl (C=O) groups excluding carboxylic acids is 1. The Hall–Kier alpha value is -1.79. The first-order valence-corrected chi connectivity index (χ1v) is 7.20. The predicted molar refractivity (Wildman–Crippen MR) is 79.0 cm³/mol. The van der Waals surface area contributed by atoms with Gasteiger partial charge in [0, 0.05) is 13.2 Å². The van der Waals surface area contributed by atoms with E-state index in [1.54, 1.807) is 6.92 Å². The standard InChI is InChI=1S/C17H21NO2/c1-2-7-17(20)18(12-6-13-19)16-11-5-9-14-8-3-4-10-15(14)16/h3-4,8,10,16,19H,5-6,9,11-13H2,1H3. The SMILES string of the molecule is CC#CC(=O)N(CCCO)C1CCCc2ccccc21. The number of rotatable bonds is 4. The highest BCUT2D eigenvalue weighted by molar-refractivity contribution is 5.93. The van der Waals surface area contributed by atoms with Crippen LogP contribution in [0.4, 0.5) is 0 Å². The van der Waals surface area contributed by atoms with E-state index >= 15 is 0 Å². The molecule has 0 aliphatic heterocycles. The second-order valence-corrected chi connectivity index (χ2v) is 5.06. The number of hydrogen-bond donors (Lipinski definition) is 1. The number of hydrogen-bond acceptors (Lipinski definition) is 2. The largest absolute Gasteiger partial charge is 0.396 e. The fourth-order valence-electron chi connectivity index (χ4n) is 2.87. The molecule has 0 saturated heterocycles. The molecule has 0 bridgehead atoms. The number of aliphatic hydroxyl groups is 1. The van der Waals surface area contributed by atoms with Crippen LogP contribution in [0.2, 0.25) is 0 Å². The lowest BCUT2D eigenvalue weighted by Crippen LogP contribution is -2.37. The van der Waals surface area contributed by atoms with Crippen molar-refractivity contribution in [2.45, 2.75) is 38.6 Å². The molecule has 1 N–H and O–H groups in total. The van der Waals surface area contributed by atoms with Crippen molar-refractivity contribution in [1.29, 1.82) is 0 Å². The molecule has 1 amide bonds. The van der Waals surface area contributed by atoms with Gasteiger partial charge in [-0.1, -0.05) is 30.2 Å². The van der Waals surface area contributed by atoms with Crippen LogP contribution in [-0.4, -0.2) is 29.1 Å². The minimum absolute atomic E-state index is 0.0949. The zero-order valence-electron chi connectivity index (χ0n) is 11.9. The van der Waals surface area contributed by atoms with E-state index in [1.165, 1.54) is 11.1 Å². The summed E-state index contributed by atoms with van der Waals surface area (Å²) in [6.07, 6.45) is 3.73. The van der Waals surface area contributed by atoms with E-state index in [-0.39, 0.29) is 18.6 Å². The third-order valence-electron chi connectivity index (χ3n) is 3.76. The van der Waals surface area contributed by atoms with E-state index in [0.29, 0.717) is 13.0 Å². The van der Waals surface area contributed by atoms with Gasteiger partial charge >= 0.3 is 0 Å². The van der Waals surface area contributed by atoms with Crippen molar-refractivity contribution in [3.8, 4) is 11.8 Å². The number of carbonyl (C=O) groups is 1. The molecule has 0 fully saturated rings. The summed E-state index contributed by atoms with van der Waals surface area (Å²) in [7, 11) is 0. The van der Waals surface area contributed by atoms with Crippen LogP contribution in [-0.2, 0) is 11.2 Å². The van der Waals surface area contributed by atoms with E-state index in [9.17, 15) is 4.79 Å². The molecule has 0 heterocycles. The number of nitrogens with zero attached hydrogens (tertiary/aromatic N) is 1. The highest BCUT2D eigenvalue weighted by Crippen LogP contribution is 2.34. The fourth-order valence-corrected chi connectivity index (χ4v) is 2.87. The van der Waals surface area contributed by atoms with Gasteiger partial charge in [0.25, 0.3) is 5.91 Å². The summed E-state index contributed by atoms with van der Waals surface area (Å²) in [5.41, 5.74) is 2.57. The third-order valence-corrected chi connectivity index (χ3v) is 3.76. The van der Waals surface area contributed by atoms with E-state index in [1.807, 2.05) is 17.0 Å². The predicted octanol–water partition coefficient (Wildman–Crippen LogP) is 2.30. The molecule has 1 aromatic rings. The summed E-state index contributed by atoms with van der Waals surface area (Å²) in [6, 6.07) is 8.42.